The van der Waals surface area contributed by atoms with Gasteiger partial charge in [-0.2, -0.15) is 0 Å². The van der Waals surface area contributed by atoms with Gasteiger partial charge >= 0.3 is 0 Å². The van der Waals surface area contributed by atoms with Gasteiger partial charge in [0.15, 0.2) is 0 Å². The fraction of sp³-hybridized carbons (Fsp3) is 0.400. The quantitative estimate of drug-likeness (QED) is 0.670. The van der Waals surface area contributed by atoms with Crippen LogP contribution >= 0.6 is 11.6 Å². The Balaban J connectivity index is 2.00. The maximum absolute atomic E-state index is 11.7. The van der Waals surface area contributed by atoms with Gasteiger partial charge in [0.25, 0.3) is 5.91 Å². The van der Waals surface area contributed by atoms with E-state index in [9.17, 15) is 9.90 Å². The van der Waals surface area contributed by atoms with Gasteiger partial charge in [-0.3, -0.25) is 4.79 Å². The van der Waals surface area contributed by atoms with Crippen molar-refractivity contribution in [3.63, 3.8) is 0 Å². The zero-order chi connectivity index (χ0) is 11.5. The average Bonchev–Trinajstić information content (AvgIpc) is 2.65. The van der Waals surface area contributed by atoms with E-state index >= 15 is 0 Å². The monoisotopic (exact) mass is 241 g/mol. The van der Waals surface area contributed by atoms with E-state index in [-0.39, 0.29) is 11.9 Å². The number of β-amino-alcohol motifs (C(OH)–C–C–N with tert-alkyl or cyclic N) is 1. The number of amides is 1. The zero-order valence-corrected chi connectivity index (χ0v) is 9.24. The molecule has 1 aromatic rings. The molecule has 0 aromatic carbocycles. The normalized spacial score (nSPS) is 24.4. The van der Waals surface area contributed by atoms with Crippen LogP contribution in [0.2, 0.25) is 5.02 Å². The number of rotatable bonds is 2. The minimum Gasteiger partial charge on any atom is -0.390 e. The molecule has 0 radical (unpaired) electrons. The Morgan fingerprint density at radius 2 is 2.38 bits per heavy atom. The topological polar surface area (TPSA) is 74.2 Å². The molecular weight excluding hydrogens is 230 g/mol. The highest BCUT2D eigenvalue weighted by Crippen LogP contribution is 2.07. The molecular formula is C10H12ClN3O2. The van der Waals surface area contributed by atoms with Crippen molar-refractivity contribution in [2.45, 2.75) is 12.1 Å². The number of nitrogens with zero attached hydrogens (tertiary/aromatic N) is 1. The summed E-state index contributed by atoms with van der Waals surface area (Å²) in [6, 6.07) is 2.89. The second-order valence-corrected chi connectivity index (χ2v) is 4.10. The SMILES string of the molecule is O=C(N[C@@H]1CNC[C@H]1O)c1ccc(Cl)cn1. The third kappa shape index (κ3) is 2.49. The van der Waals surface area contributed by atoms with E-state index in [1.807, 2.05) is 0 Å². The van der Waals surface area contributed by atoms with Gasteiger partial charge < -0.3 is 15.7 Å². The molecule has 16 heavy (non-hydrogen) atoms. The minimum absolute atomic E-state index is 0.259. The summed E-state index contributed by atoms with van der Waals surface area (Å²) in [6.45, 7) is 1.07. The van der Waals surface area contributed by atoms with Crippen molar-refractivity contribution in [3.8, 4) is 0 Å². The third-order valence-electron chi connectivity index (χ3n) is 2.46. The Kier molecular flexibility index (Phi) is 3.38. The number of aliphatic hydroxyl groups excluding tert-OH is 1. The molecule has 5 nitrogen and oxygen atoms in total. The van der Waals surface area contributed by atoms with Crippen molar-refractivity contribution in [3.05, 3.63) is 29.0 Å². The summed E-state index contributed by atoms with van der Waals surface area (Å²) in [5.74, 6) is -0.301. The molecule has 0 saturated carbocycles. The van der Waals surface area contributed by atoms with Crippen LogP contribution in [0.1, 0.15) is 10.5 Å². The van der Waals surface area contributed by atoms with Crippen molar-refractivity contribution in [2.75, 3.05) is 13.1 Å². The first-order chi connectivity index (χ1) is 7.66. The molecule has 1 aliphatic rings. The summed E-state index contributed by atoms with van der Waals surface area (Å²) in [5, 5.41) is 15.7. The molecule has 2 atom stereocenters. The summed E-state index contributed by atoms with van der Waals surface area (Å²) >= 11 is 5.67. The van der Waals surface area contributed by atoms with Crippen molar-refractivity contribution in [1.82, 2.24) is 15.6 Å². The van der Waals surface area contributed by atoms with Gasteiger partial charge in [-0.1, -0.05) is 11.6 Å². The van der Waals surface area contributed by atoms with Gasteiger partial charge in [-0.25, -0.2) is 4.98 Å². The summed E-state index contributed by atoms with van der Waals surface area (Å²) in [5.41, 5.74) is 0.295. The fourth-order valence-electron chi connectivity index (χ4n) is 1.56. The molecule has 0 bridgehead atoms. The molecule has 2 heterocycles. The lowest BCUT2D eigenvalue weighted by Crippen LogP contribution is -2.42. The first kappa shape index (κ1) is 11.3. The average molecular weight is 242 g/mol. The van der Waals surface area contributed by atoms with E-state index in [4.69, 9.17) is 11.6 Å². The van der Waals surface area contributed by atoms with Gasteiger partial charge in [0.05, 0.1) is 17.2 Å². The lowest BCUT2D eigenvalue weighted by atomic mass is 10.2. The molecule has 1 saturated heterocycles. The second kappa shape index (κ2) is 4.78. The molecule has 0 spiro atoms. The van der Waals surface area contributed by atoms with Crippen molar-refractivity contribution in [2.24, 2.45) is 0 Å². The maximum Gasteiger partial charge on any atom is 0.270 e. The summed E-state index contributed by atoms with van der Waals surface area (Å²) in [6.07, 6.45) is 0.871. The largest absolute Gasteiger partial charge is 0.390 e. The highest BCUT2D eigenvalue weighted by molar-refractivity contribution is 6.30. The number of carbonyl (C=O) groups is 1. The molecule has 86 valence electrons. The number of hydrogen-bond donors (Lipinski definition) is 3. The molecule has 1 aromatic heterocycles. The maximum atomic E-state index is 11.7. The van der Waals surface area contributed by atoms with Crippen molar-refractivity contribution in [1.29, 1.82) is 0 Å². The molecule has 0 unspecified atom stereocenters. The Hall–Kier alpha value is -1.17. The van der Waals surface area contributed by atoms with Crippen LogP contribution in [-0.4, -0.2) is 41.2 Å². The molecule has 3 N–H and O–H groups in total. The first-order valence-electron chi connectivity index (χ1n) is 4.98. The Morgan fingerprint density at radius 3 is 2.94 bits per heavy atom. The molecule has 1 amide bonds. The van der Waals surface area contributed by atoms with Crippen LogP contribution in [0.4, 0.5) is 0 Å². The van der Waals surface area contributed by atoms with Crippen LogP contribution in [0.3, 0.4) is 0 Å². The molecule has 2 rings (SSSR count). The lowest BCUT2D eigenvalue weighted by Gasteiger charge is -2.14. The predicted octanol–water partition coefficient (Wildman–Crippen LogP) is -0.202. The second-order valence-electron chi connectivity index (χ2n) is 3.67. The number of aromatic nitrogens is 1. The van der Waals surface area contributed by atoms with Crippen LogP contribution in [0.15, 0.2) is 18.3 Å². The molecule has 1 fully saturated rings. The van der Waals surface area contributed by atoms with Gasteiger partial charge in [0.1, 0.15) is 5.69 Å². The fourth-order valence-corrected chi connectivity index (χ4v) is 1.68. The van der Waals surface area contributed by atoms with Crippen LogP contribution in [0, 0.1) is 0 Å². The van der Waals surface area contributed by atoms with E-state index in [0.29, 0.717) is 23.8 Å². The Labute approximate surface area is 97.8 Å². The van der Waals surface area contributed by atoms with Gasteiger partial charge in [-0.05, 0) is 12.1 Å². The highest BCUT2D eigenvalue weighted by Gasteiger charge is 2.26. The summed E-state index contributed by atoms with van der Waals surface area (Å²) in [4.78, 5) is 15.6. The lowest BCUT2D eigenvalue weighted by molar-refractivity contribution is 0.0884. The van der Waals surface area contributed by atoms with Crippen LogP contribution < -0.4 is 10.6 Å². The minimum atomic E-state index is -0.545. The summed E-state index contributed by atoms with van der Waals surface area (Å²) < 4.78 is 0. The predicted molar refractivity (Wildman–Crippen MR) is 59.4 cm³/mol. The van der Waals surface area contributed by atoms with Crippen molar-refractivity contribution >= 4 is 17.5 Å². The van der Waals surface area contributed by atoms with Gasteiger partial charge in [0.2, 0.25) is 0 Å². The van der Waals surface area contributed by atoms with E-state index in [1.54, 1.807) is 12.1 Å². The van der Waals surface area contributed by atoms with Crippen LogP contribution in [0.5, 0.6) is 0 Å². The van der Waals surface area contributed by atoms with E-state index in [1.165, 1.54) is 6.20 Å². The zero-order valence-electron chi connectivity index (χ0n) is 8.48. The standard InChI is InChI=1S/C10H12ClN3O2/c11-6-1-2-7(13-3-6)10(16)14-8-4-12-5-9(8)15/h1-3,8-9,12,15H,4-5H2,(H,14,16)/t8-,9-/m1/s1. The Bertz CT molecular complexity index is 382. The number of aliphatic hydroxyl groups is 1. The van der Waals surface area contributed by atoms with Crippen LogP contribution in [0.25, 0.3) is 0 Å². The number of nitrogens with one attached hydrogen (secondary N) is 2. The van der Waals surface area contributed by atoms with E-state index in [0.717, 1.165) is 0 Å². The summed E-state index contributed by atoms with van der Waals surface area (Å²) in [7, 11) is 0. The highest BCUT2D eigenvalue weighted by atomic mass is 35.5. The van der Waals surface area contributed by atoms with Crippen LogP contribution in [-0.2, 0) is 0 Å². The van der Waals surface area contributed by atoms with Gasteiger partial charge in [-0.15, -0.1) is 0 Å². The number of carbonyl (C=O) groups excluding carboxylic acids is 1. The van der Waals surface area contributed by atoms with Crippen molar-refractivity contribution < 1.29 is 9.90 Å². The number of pyridine rings is 1. The molecule has 6 heteroatoms. The van der Waals surface area contributed by atoms with E-state index < -0.39 is 6.10 Å². The first-order valence-corrected chi connectivity index (χ1v) is 5.36. The van der Waals surface area contributed by atoms with Gasteiger partial charge in [0, 0.05) is 19.3 Å². The van der Waals surface area contributed by atoms with E-state index in [2.05, 4.69) is 15.6 Å². The smallest absolute Gasteiger partial charge is 0.270 e. The number of hydrogen-bond acceptors (Lipinski definition) is 4. The number of halogens is 1. The molecule has 0 aliphatic carbocycles. The Morgan fingerprint density at radius 1 is 1.56 bits per heavy atom. The third-order valence-corrected chi connectivity index (χ3v) is 2.68. The molecule has 1 aliphatic heterocycles.